The summed E-state index contributed by atoms with van der Waals surface area (Å²) in [6.07, 6.45) is 0. The van der Waals surface area contributed by atoms with E-state index in [9.17, 15) is 9.59 Å². The standard InChI is InChI=1S/C17H15ClN2O2S2/c1-2-20-14-8-5-12(9-15(14)24-17(20)22)19-16(21)10-23-13-6-3-11(18)4-7-13/h3-9H,2,10H2,1H3,(H,19,21). The number of thiazole rings is 1. The lowest BCUT2D eigenvalue weighted by molar-refractivity contribution is -0.113. The Morgan fingerprint density at radius 3 is 2.71 bits per heavy atom. The maximum Gasteiger partial charge on any atom is 0.308 e. The number of amides is 1. The third-order valence-electron chi connectivity index (χ3n) is 3.45. The first-order chi connectivity index (χ1) is 11.6. The number of aryl methyl sites for hydroxylation is 1. The fourth-order valence-corrected chi connectivity index (χ4v) is 4.14. The van der Waals surface area contributed by atoms with E-state index in [1.54, 1.807) is 16.7 Å². The van der Waals surface area contributed by atoms with Crippen LogP contribution in [0.3, 0.4) is 0 Å². The van der Waals surface area contributed by atoms with Gasteiger partial charge in [0.2, 0.25) is 5.91 Å². The molecule has 0 bridgehead atoms. The number of rotatable bonds is 5. The van der Waals surface area contributed by atoms with Crippen molar-refractivity contribution in [1.29, 1.82) is 0 Å². The Hall–Kier alpha value is -1.76. The highest BCUT2D eigenvalue weighted by Gasteiger charge is 2.09. The van der Waals surface area contributed by atoms with Gasteiger partial charge in [-0.05, 0) is 49.4 Å². The van der Waals surface area contributed by atoms with Crippen molar-refractivity contribution in [3.8, 4) is 0 Å². The van der Waals surface area contributed by atoms with Crippen LogP contribution in [0, 0.1) is 0 Å². The quantitative estimate of drug-likeness (QED) is 0.666. The van der Waals surface area contributed by atoms with Gasteiger partial charge in [0.1, 0.15) is 0 Å². The van der Waals surface area contributed by atoms with Crippen molar-refractivity contribution in [1.82, 2.24) is 4.57 Å². The maximum absolute atomic E-state index is 12.1. The molecule has 0 saturated heterocycles. The molecule has 0 aliphatic rings. The summed E-state index contributed by atoms with van der Waals surface area (Å²) in [4.78, 5) is 25.0. The summed E-state index contributed by atoms with van der Waals surface area (Å²) >= 11 is 8.48. The molecule has 7 heteroatoms. The van der Waals surface area contributed by atoms with Gasteiger partial charge in [0.05, 0.1) is 16.0 Å². The van der Waals surface area contributed by atoms with Crippen molar-refractivity contribution in [2.24, 2.45) is 0 Å². The van der Waals surface area contributed by atoms with Gasteiger partial charge in [0.25, 0.3) is 0 Å². The predicted molar refractivity (Wildman–Crippen MR) is 103 cm³/mol. The van der Waals surface area contributed by atoms with Crippen molar-refractivity contribution in [2.75, 3.05) is 11.1 Å². The summed E-state index contributed by atoms with van der Waals surface area (Å²) in [5, 5.41) is 3.55. The van der Waals surface area contributed by atoms with Crippen molar-refractivity contribution in [3.05, 3.63) is 57.2 Å². The lowest BCUT2D eigenvalue weighted by atomic mass is 10.3. The Kier molecular flexibility index (Phi) is 5.28. The number of benzene rings is 2. The molecule has 1 heterocycles. The van der Waals surface area contributed by atoms with E-state index in [1.165, 1.54) is 23.1 Å². The normalized spacial score (nSPS) is 10.9. The van der Waals surface area contributed by atoms with E-state index >= 15 is 0 Å². The lowest BCUT2D eigenvalue weighted by Crippen LogP contribution is -2.14. The average Bonchev–Trinajstić information content (AvgIpc) is 2.88. The van der Waals surface area contributed by atoms with E-state index in [-0.39, 0.29) is 10.8 Å². The number of halogens is 1. The van der Waals surface area contributed by atoms with Gasteiger partial charge in [-0.2, -0.15) is 0 Å². The van der Waals surface area contributed by atoms with E-state index in [2.05, 4.69) is 5.32 Å². The van der Waals surface area contributed by atoms with Gasteiger partial charge >= 0.3 is 4.87 Å². The van der Waals surface area contributed by atoms with Crippen molar-refractivity contribution in [3.63, 3.8) is 0 Å². The van der Waals surface area contributed by atoms with E-state index in [1.807, 2.05) is 37.3 Å². The fraction of sp³-hybridized carbons (Fsp3) is 0.176. The van der Waals surface area contributed by atoms with Gasteiger partial charge in [-0.3, -0.25) is 14.2 Å². The highest BCUT2D eigenvalue weighted by atomic mass is 35.5. The summed E-state index contributed by atoms with van der Waals surface area (Å²) in [6.45, 7) is 2.58. The van der Waals surface area contributed by atoms with Gasteiger partial charge in [-0.15, -0.1) is 11.8 Å². The molecular weight excluding hydrogens is 364 g/mol. The second kappa shape index (κ2) is 7.42. The lowest BCUT2D eigenvalue weighted by Gasteiger charge is -2.06. The molecule has 0 aliphatic carbocycles. The molecule has 0 radical (unpaired) electrons. The Morgan fingerprint density at radius 1 is 1.25 bits per heavy atom. The molecule has 3 aromatic rings. The van der Waals surface area contributed by atoms with E-state index in [0.29, 0.717) is 23.0 Å². The number of anilines is 1. The van der Waals surface area contributed by atoms with Crippen molar-refractivity contribution >= 4 is 56.5 Å². The molecule has 2 aromatic carbocycles. The van der Waals surface area contributed by atoms with Crippen molar-refractivity contribution in [2.45, 2.75) is 18.4 Å². The second-order valence-corrected chi connectivity index (χ2v) is 7.56. The van der Waals surface area contributed by atoms with Crippen LogP contribution in [0.15, 0.2) is 52.2 Å². The first-order valence-corrected chi connectivity index (χ1v) is 9.56. The van der Waals surface area contributed by atoms with E-state index in [4.69, 9.17) is 11.6 Å². The number of fused-ring (bicyclic) bond motifs is 1. The number of nitrogens with zero attached hydrogens (tertiary/aromatic N) is 1. The topological polar surface area (TPSA) is 51.1 Å². The summed E-state index contributed by atoms with van der Waals surface area (Å²) < 4.78 is 2.60. The molecule has 24 heavy (non-hydrogen) atoms. The fourth-order valence-electron chi connectivity index (χ4n) is 2.32. The number of thioether (sulfide) groups is 1. The SMILES string of the molecule is CCn1c(=O)sc2cc(NC(=O)CSc3ccc(Cl)cc3)ccc21. The average molecular weight is 379 g/mol. The molecule has 0 spiro atoms. The van der Waals surface area contributed by atoms with Crippen molar-refractivity contribution < 1.29 is 4.79 Å². The molecular formula is C17H15ClN2O2S2. The smallest absolute Gasteiger partial charge is 0.308 e. The molecule has 1 amide bonds. The van der Waals surface area contributed by atoms with Gasteiger partial charge in [0.15, 0.2) is 0 Å². The third kappa shape index (κ3) is 3.83. The number of carbonyl (C=O) groups is 1. The minimum Gasteiger partial charge on any atom is -0.325 e. The van der Waals surface area contributed by atoms with Crippen LogP contribution in [0.1, 0.15) is 6.92 Å². The molecule has 4 nitrogen and oxygen atoms in total. The highest BCUT2D eigenvalue weighted by Crippen LogP contribution is 2.23. The monoisotopic (exact) mass is 378 g/mol. The van der Waals surface area contributed by atoms with Crippen LogP contribution < -0.4 is 10.2 Å². The van der Waals surface area contributed by atoms with Gasteiger partial charge in [0, 0.05) is 22.2 Å². The molecule has 3 rings (SSSR count). The molecule has 124 valence electrons. The largest absolute Gasteiger partial charge is 0.325 e. The number of hydrogen-bond donors (Lipinski definition) is 1. The van der Waals surface area contributed by atoms with Gasteiger partial charge < -0.3 is 5.32 Å². The molecule has 0 unspecified atom stereocenters. The Labute approximate surface area is 152 Å². The molecule has 0 aliphatic heterocycles. The van der Waals surface area contributed by atoms with Crippen LogP contribution in [0.25, 0.3) is 10.2 Å². The van der Waals surface area contributed by atoms with Gasteiger partial charge in [-0.25, -0.2) is 0 Å². The first-order valence-electron chi connectivity index (χ1n) is 7.38. The number of carbonyl (C=O) groups excluding carboxylic acids is 1. The molecule has 0 fully saturated rings. The van der Waals surface area contributed by atoms with Crippen LogP contribution in [-0.4, -0.2) is 16.2 Å². The van der Waals surface area contributed by atoms with Gasteiger partial charge in [-0.1, -0.05) is 22.9 Å². The Morgan fingerprint density at radius 2 is 2.00 bits per heavy atom. The molecule has 0 atom stereocenters. The predicted octanol–water partition coefficient (Wildman–Crippen LogP) is 4.47. The number of nitrogens with one attached hydrogen (secondary N) is 1. The summed E-state index contributed by atoms with van der Waals surface area (Å²) in [7, 11) is 0. The first kappa shape index (κ1) is 17.1. The number of aromatic nitrogens is 1. The summed E-state index contributed by atoms with van der Waals surface area (Å²) in [6, 6.07) is 12.9. The van der Waals surface area contributed by atoms with Crippen LogP contribution in [0.4, 0.5) is 5.69 Å². The Bertz CT molecular complexity index is 932. The molecule has 1 N–H and O–H groups in total. The second-order valence-electron chi connectivity index (χ2n) is 5.09. The molecule has 1 aromatic heterocycles. The summed E-state index contributed by atoms with van der Waals surface area (Å²) in [5.74, 6) is 0.225. The van der Waals surface area contributed by atoms with Crippen LogP contribution in [0.2, 0.25) is 5.02 Å². The summed E-state index contributed by atoms with van der Waals surface area (Å²) in [5.41, 5.74) is 1.61. The number of hydrogen-bond acceptors (Lipinski definition) is 4. The minimum absolute atomic E-state index is 0.0225. The minimum atomic E-state index is -0.0865. The zero-order valence-electron chi connectivity index (χ0n) is 12.9. The molecule has 0 saturated carbocycles. The zero-order valence-corrected chi connectivity index (χ0v) is 15.3. The van der Waals surface area contributed by atoms with E-state index < -0.39 is 0 Å². The highest BCUT2D eigenvalue weighted by molar-refractivity contribution is 8.00. The van der Waals surface area contributed by atoms with Crippen LogP contribution in [-0.2, 0) is 11.3 Å². The van der Waals surface area contributed by atoms with Crippen LogP contribution in [0.5, 0.6) is 0 Å². The Balaban J connectivity index is 1.66. The van der Waals surface area contributed by atoms with Crippen LogP contribution >= 0.6 is 34.7 Å². The van der Waals surface area contributed by atoms with E-state index in [0.717, 1.165) is 15.1 Å². The third-order valence-corrected chi connectivity index (χ3v) is 5.66. The maximum atomic E-state index is 12.1. The zero-order chi connectivity index (χ0) is 17.1.